The SMILES string of the molecule is CCOC(=O)/C=C/c1ccc(Cl)cc1Cc1nnc(C)o1. The lowest BCUT2D eigenvalue weighted by atomic mass is 10.0. The monoisotopic (exact) mass is 306 g/mol. The quantitative estimate of drug-likeness (QED) is 0.627. The molecule has 21 heavy (non-hydrogen) atoms. The van der Waals surface area contributed by atoms with Crippen LogP contribution in [0.1, 0.15) is 29.8 Å². The normalized spacial score (nSPS) is 11.0. The number of esters is 1. The zero-order valence-electron chi connectivity index (χ0n) is 11.8. The molecular weight excluding hydrogens is 292 g/mol. The van der Waals surface area contributed by atoms with Crippen LogP contribution < -0.4 is 0 Å². The van der Waals surface area contributed by atoms with Crippen molar-refractivity contribution in [2.45, 2.75) is 20.3 Å². The second-order valence-corrected chi connectivity index (χ2v) is 4.76. The van der Waals surface area contributed by atoms with Gasteiger partial charge in [-0.15, -0.1) is 10.2 Å². The lowest BCUT2D eigenvalue weighted by Gasteiger charge is -2.04. The van der Waals surface area contributed by atoms with Crippen LogP contribution in [0.15, 0.2) is 28.7 Å². The Bertz CT molecular complexity index is 665. The molecule has 2 aromatic rings. The first-order chi connectivity index (χ1) is 10.1. The van der Waals surface area contributed by atoms with Gasteiger partial charge in [0.05, 0.1) is 13.0 Å². The fourth-order valence-electron chi connectivity index (χ4n) is 1.81. The number of rotatable bonds is 5. The van der Waals surface area contributed by atoms with Crippen LogP contribution in [0.4, 0.5) is 0 Å². The molecule has 0 atom stereocenters. The number of hydrogen-bond donors (Lipinski definition) is 0. The highest BCUT2D eigenvalue weighted by atomic mass is 35.5. The fourth-order valence-corrected chi connectivity index (χ4v) is 2.00. The number of nitrogens with zero attached hydrogens (tertiary/aromatic N) is 2. The Morgan fingerprint density at radius 2 is 2.24 bits per heavy atom. The number of ether oxygens (including phenoxy) is 1. The molecule has 0 saturated heterocycles. The molecule has 0 spiro atoms. The van der Waals surface area contributed by atoms with Crippen LogP contribution in [-0.2, 0) is 16.0 Å². The van der Waals surface area contributed by atoms with E-state index in [2.05, 4.69) is 10.2 Å². The minimum Gasteiger partial charge on any atom is -0.463 e. The second-order valence-electron chi connectivity index (χ2n) is 4.32. The molecule has 0 saturated carbocycles. The van der Waals surface area contributed by atoms with Crippen molar-refractivity contribution in [1.29, 1.82) is 0 Å². The molecular formula is C15H15ClN2O3. The van der Waals surface area contributed by atoms with Gasteiger partial charge in [0.1, 0.15) is 0 Å². The Morgan fingerprint density at radius 1 is 1.43 bits per heavy atom. The molecule has 0 radical (unpaired) electrons. The number of aryl methyl sites for hydroxylation is 1. The second kappa shape index (κ2) is 7.04. The summed E-state index contributed by atoms with van der Waals surface area (Å²) < 4.78 is 10.2. The molecule has 0 fully saturated rings. The zero-order chi connectivity index (χ0) is 15.2. The van der Waals surface area contributed by atoms with E-state index in [1.807, 2.05) is 12.1 Å². The molecule has 0 bridgehead atoms. The van der Waals surface area contributed by atoms with Crippen molar-refractivity contribution < 1.29 is 13.9 Å². The maximum absolute atomic E-state index is 11.4. The maximum atomic E-state index is 11.4. The maximum Gasteiger partial charge on any atom is 0.330 e. The van der Waals surface area contributed by atoms with E-state index in [-0.39, 0.29) is 5.97 Å². The van der Waals surface area contributed by atoms with Crippen LogP contribution in [0.3, 0.4) is 0 Å². The van der Waals surface area contributed by atoms with Crippen LogP contribution in [0, 0.1) is 6.92 Å². The Hall–Kier alpha value is -2.14. The molecule has 1 heterocycles. The summed E-state index contributed by atoms with van der Waals surface area (Å²) in [6.07, 6.45) is 3.52. The van der Waals surface area contributed by atoms with Crippen molar-refractivity contribution in [3.63, 3.8) is 0 Å². The van der Waals surface area contributed by atoms with Crippen LogP contribution in [-0.4, -0.2) is 22.8 Å². The Labute approximate surface area is 127 Å². The summed E-state index contributed by atoms with van der Waals surface area (Å²) in [5, 5.41) is 8.36. The van der Waals surface area contributed by atoms with Crippen LogP contribution in [0.25, 0.3) is 6.08 Å². The smallest absolute Gasteiger partial charge is 0.330 e. The van der Waals surface area contributed by atoms with E-state index in [4.69, 9.17) is 20.8 Å². The Balaban J connectivity index is 2.23. The van der Waals surface area contributed by atoms with Crippen molar-refractivity contribution in [1.82, 2.24) is 10.2 Å². The summed E-state index contributed by atoms with van der Waals surface area (Å²) in [6.45, 7) is 3.84. The van der Waals surface area contributed by atoms with Gasteiger partial charge in [0.2, 0.25) is 11.8 Å². The lowest BCUT2D eigenvalue weighted by molar-refractivity contribution is -0.137. The van der Waals surface area contributed by atoms with Gasteiger partial charge in [-0.2, -0.15) is 0 Å². The van der Waals surface area contributed by atoms with E-state index in [1.54, 1.807) is 26.0 Å². The Morgan fingerprint density at radius 3 is 2.90 bits per heavy atom. The Kier molecular flexibility index (Phi) is 5.11. The number of aromatic nitrogens is 2. The van der Waals surface area contributed by atoms with Gasteiger partial charge in [0.15, 0.2) is 0 Å². The molecule has 0 N–H and O–H groups in total. The molecule has 0 aliphatic rings. The molecule has 110 valence electrons. The van der Waals surface area contributed by atoms with Crippen molar-refractivity contribution in [2.24, 2.45) is 0 Å². The van der Waals surface area contributed by atoms with Crippen molar-refractivity contribution in [3.8, 4) is 0 Å². The lowest BCUT2D eigenvalue weighted by Crippen LogP contribution is -1.99. The van der Waals surface area contributed by atoms with Gasteiger partial charge in [-0.05, 0) is 36.3 Å². The van der Waals surface area contributed by atoms with Gasteiger partial charge < -0.3 is 9.15 Å². The molecule has 0 aliphatic carbocycles. The van der Waals surface area contributed by atoms with Crippen LogP contribution >= 0.6 is 11.6 Å². The molecule has 2 rings (SSSR count). The van der Waals surface area contributed by atoms with E-state index in [1.165, 1.54) is 6.08 Å². The average Bonchev–Trinajstić information content (AvgIpc) is 2.83. The number of hydrogen-bond acceptors (Lipinski definition) is 5. The van der Waals surface area contributed by atoms with Crippen molar-refractivity contribution in [2.75, 3.05) is 6.61 Å². The van der Waals surface area contributed by atoms with E-state index in [9.17, 15) is 4.79 Å². The molecule has 1 aromatic heterocycles. The van der Waals surface area contributed by atoms with Gasteiger partial charge in [0.25, 0.3) is 0 Å². The topological polar surface area (TPSA) is 65.2 Å². The highest BCUT2D eigenvalue weighted by Crippen LogP contribution is 2.20. The zero-order valence-corrected chi connectivity index (χ0v) is 12.6. The summed E-state index contributed by atoms with van der Waals surface area (Å²) in [7, 11) is 0. The number of carbonyl (C=O) groups is 1. The van der Waals surface area contributed by atoms with Crippen molar-refractivity contribution in [3.05, 3.63) is 52.2 Å². The predicted octanol–water partition coefficient (Wildman–Crippen LogP) is 3.20. The molecule has 0 unspecified atom stereocenters. The standard InChI is InChI=1S/C15H15ClN2O3/c1-3-20-15(19)7-5-11-4-6-13(16)8-12(11)9-14-18-17-10(2)21-14/h4-8H,3,9H2,1-2H3/b7-5+. The third-order valence-corrected chi connectivity index (χ3v) is 2.94. The molecule has 0 amide bonds. The van der Waals surface area contributed by atoms with Gasteiger partial charge in [-0.1, -0.05) is 17.7 Å². The summed E-state index contributed by atoms with van der Waals surface area (Å²) >= 11 is 6.02. The third-order valence-electron chi connectivity index (χ3n) is 2.70. The number of benzene rings is 1. The van der Waals surface area contributed by atoms with Crippen LogP contribution in [0.2, 0.25) is 5.02 Å². The molecule has 0 aliphatic heterocycles. The first-order valence-corrected chi connectivity index (χ1v) is 6.88. The summed E-state index contributed by atoms with van der Waals surface area (Å²) in [5.41, 5.74) is 1.75. The third kappa shape index (κ3) is 4.43. The predicted molar refractivity (Wildman–Crippen MR) is 79.0 cm³/mol. The number of carbonyl (C=O) groups excluding carboxylic acids is 1. The first kappa shape index (κ1) is 15.3. The van der Waals surface area contributed by atoms with Gasteiger partial charge in [0, 0.05) is 18.0 Å². The highest BCUT2D eigenvalue weighted by molar-refractivity contribution is 6.30. The molecule has 5 nitrogen and oxygen atoms in total. The van der Waals surface area contributed by atoms with E-state index in [0.29, 0.717) is 29.8 Å². The number of halogens is 1. The summed E-state index contributed by atoms with van der Waals surface area (Å²) in [6, 6.07) is 5.40. The molecule has 6 heteroatoms. The van der Waals surface area contributed by atoms with Crippen LogP contribution in [0.5, 0.6) is 0 Å². The van der Waals surface area contributed by atoms with Gasteiger partial charge >= 0.3 is 5.97 Å². The van der Waals surface area contributed by atoms with E-state index >= 15 is 0 Å². The first-order valence-electron chi connectivity index (χ1n) is 6.50. The van der Waals surface area contributed by atoms with E-state index in [0.717, 1.165) is 11.1 Å². The highest BCUT2D eigenvalue weighted by Gasteiger charge is 2.08. The summed E-state index contributed by atoms with van der Waals surface area (Å²) in [5.74, 6) is 0.628. The van der Waals surface area contributed by atoms with E-state index < -0.39 is 0 Å². The molecule has 1 aromatic carbocycles. The average molecular weight is 307 g/mol. The summed E-state index contributed by atoms with van der Waals surface area (Å²) in [4.78, 5) is 11.4. The van der Waals surface area contributed by atoms with Crippen molar-refractivity contribution >= 4 is 23.6 Å². The minimum atomic E-state index is -0.382. The van der Waals surface area contributed by atoms with Gasteiger partial charge in [-0.3, -0.25) is 0 Å². The minimum absolute atomic E-state index is 0.345. The fraction of sp³-hybridized carbons (Fsp3) is 0.267. The van der Waals surface area contributed by atoms with Gasteiger partial charge in [-0.25, -0.2) is 4.79 Å². The largest absolute Gasteiger partial charge is 0.463 e.